The van der Waals surface area contributed by atoms with E-state index in [2.05, 4.69) is 15.5 Å². The Labute approximate surface area is 179 Å². The molecule has 6 heteroatoms. The van der Waals surface area contributed by atoms with Crippen LogP contribution in [0.15, 0.2) is 90.0 Å². The molecule has 1 amide bonds. The summed E-state index contributed by atoms with van der Waals surface area (Å²) in [5.41, 5.74) is 5.24. The molecule has 0 aliphatic carbocycles. The van der Waals surface area contributed by atoms with E-state index < -0.39 is 0 Å². The summed E-state index contributed by atoms with van der Waals surface area (Å²) < 4.78 is 5.98. The molecule has 0 spiro atoms. The van der Waals surface area contributed by atoms with Crippen molar-refractivity contribution in [2.24, 2.45) is 5.10 Å². The van der Waals surface area contributed by atoms with Crippen LogP contribution in [0.1, 0.15) is 21.6 Å². The molecule has 0 aliphatic heterocycles. The van der Waals surface area contributed by atoms with Crippen LogP contribution in [0.2, 0.25) is 5.02 Å². The summed E-state index contributed by atoms with van der Waals surface area (Å²) in [6.45, 7) is 0.452. The first-order valence-electron chi connectivity index (χ1n) is 9.35. The summed E-state index contributed by atoms with van der Waals surface area (Å²) in [5.74, 6) is 0.302. The Balaban J connectivity index is 1.50. The van der Waals surface area contributed by atoms with Gasteiger partial charge in [-0.15, -0.1) is 0 Å². The Morgan fingerprint density at radius 3 is 2.60 bits per heavy atom. The maximum atomic E-state index is 12.2. The number of hydrazone groups is 1. The molecular formula is C24H18ClN3O2. The lowest BCUT2D eigenvalue weighted by molar-refractivity contribution is 0.0955. The second kappa shape index (κ2) is 9.20. The van der Waals surface area contributed by atoms with E-state index in [1.165, 1.54) is 6.21 Å². The predicted molar refractivity (Wildman–Crippen MR) is 119 cm³/mol. The number of benzene rings is 3. The number of para-hydroxylation sites is 1. The number of amides is 1. The number of nitrogens with one attached hydrogen (secondary N) is 1. The van der Waals surface area contributed by atoms with Gasteiger partial charge in [-0.05, 0) is 29.8 Å². The van der Waals surface area contributed by atoms with Crippen molar-refractivity contribution in [2.75, 3.05) is 0 Å². The highest BCUT2D eigenvalue weighted by Gasteiger charge is 2.08. The molecule has 0 saturated carbocycles. The average Bonchev–Trinajstić information content (AvgIpc) is 2.78. The van der Waals surface area contributed by atoms with Gasteiger partial charge in [0.25, 0.3) is 5.91 Å². The molecule has 30 heavy (non-hydrogen) atoms. The van der Waals surface area contributed by atoms with Crippen LogP contribution in [0, 0.1) is 0 Å². The largest absolute Gasteiger partial charge is 0.487 e. The third-order valence-electron chi connectivity index (χ3n) is 4.42. The van der Waals surface area contributed by atoms with Crippen molar-refractivity contribution in [1.29, 1.82) is 0 Å². The van der Waals surface area contributed by atoms with Gasteiger partial charge in [0, 0.05) is 5.39 Å². The van der Waals surface area contributed by atoms with Crippen molar-refractivity contribution in [1.82, 2.24) is 10.4 Å². The molecule has 0 unspecified atom stereocenters. The number of pyridine rings is 1. The first-order valence-corrected chi connectivity index (χ1v) is 9.73. The first-order chi connectivity index (χ1) is 14.7. The van der Waals surface area contributed by atoms with Crippen LogP contribution in [0.25, 0.3) is 10.9 Å². The quantitative estimate of drug-likeness (QED) is 0.346. The number of hydrogen-bond donors (Lipinski definition) is 1. The highest BCUT2D eigenvalue weighted by atomic mass is 35.5. The zero-order chi connectivity index (χ0) is 20.8. The molecular weight excluding hydrogens is 398 g/mol. The highest BCUT2D eigenvalue weighted by molar-refractivity contribution is 6.33. The van der Waals surface area contributed by atoms with Crippen LogP contribution in [0.4, 0.5) is 0 Å². The number of halogens is 1. The summed E-state index contributed by atoms with van der Waals surface area (Å²) in [5, 5.41) is 5.33. The predicted octanol–water partition coefficient (Wildman–Crippen LogP) is 5.23. The van der Waals surface area contributed by atoms with Gasteiger partial charge in [0.2, 0.25) is 0 Å². The van der Waals surface area contributed by atoms with E-state index >= 15 is 0 Å². The van der Waals surface area contributed by atoms with E-state index in [1.54, 1.807) is 24.3 Å². The summed E-state index contributed by atoms with van der Waals surface area (Å²) in [6, 6.07) is 26.3. The minimum Gasteiger partial charge on any atom is -0.487 e. The second-order valence-corrected chi connectivity index (χ2v) is 6.92. The van der Waals surface area contributed by atoms with Crippen molar-refractivity contribution in [2.45, 2.75) is 6.61 Å². The molecule has 1 aromatic heterocycles. The molecule has 0 saturated heterocycles. The third kappa shape index (κ3) is 4.64. The van der Waals surface area contributed by atoms with E-state index in [0.29, 0.717) is 28.6 Å². The Kier molecular flexibility index (Phi) is 6.01. The lowest BCUT2D eigenvalue weighted by Gasteiger charge is -2.09. The molecule has 3 aromatic carbocycles. The van der Waals surface area contributed by atoms with Gasteiger partial charge in [0.05, 0.1) is 22.5 Å². The van der Waals surface area contributed by atoms with Crippen LogP contribution in [-0.4, -0.2) is 17.1 Å². The van der Waals surface area contributed by atoms with Gasteiger partial charge in [0.15, 0.2) is 0 Å². The topological polar surface area (TPSA) is 63.6 Å². The van der Waals surface area contributed by atoms with Crippen LogP contribution in [0.5, 0.6) is 5.75 Å². The molecule has 1 N–H and O–H groups in total. The maximum Gasteiger partial charge on any atom is 0.272 e. The lowest BCUT2D eigenvalue weighted by Crippen LogP contribution is -2.18. The zero-order valence-corrected chi connectivity index (χ0v) is 16.7. The molecule has 148 valence electrons. The molecule has 4 rings (SSSR count). The van der Waals surface area contributed by atoms with Gasteiger partial charge < -0.3 is 4.74 Å². The molecule has 5 nitrogen and oxygen atoms in total. The lowest BCUT2D eigenvalue weighted by atomic mass is 10.2. The number of carbonyl (C=O) groups excluding carboxylic acids is 1. The minimum atomic E-state index is -0.385. The van der Waals surface area contributed by atoms with E-state index in [4.69, 9.17) is 16.3 Å². The molecule has 0 fully saturated rings. The standard InChI is InChI=1S/C24H18ClN3O2/c25-21-11-5-4-10-20(21)24(29)28-26-15-19-14-13-18-9-6-12-22(23(18)27-19)30-16-17-7-2-1-3-8-17/h1-15H,16H2,(H,28,29)/b26-15-. The normalized spacial score (nSPS) is 11.0. The first kappa shape index (κ1) is 19.6. The molecule has 4 aromatic rings. The molecule has 0 radical (unpaired) electrons. The van der Waals surface area contributed by atoms with Crippen molar-refractivity contribution in [3.05, 3.63) is 107 Å². The van der Waals surface area contributed by atoms with E-state index in [1.807, 2.05) is 60.7 Å². The molecule has 0 bridgehead atoms. The fourth-order valence-electron chi connectivity index (χ4n) is 2.92. The van der Waals surface area contributed by atoms with Gasteiger partial charge in [-0.25, -0.2) is 10.4 Å². The van der Waals surface area contributed by atoms with Gasteiger partial charge >= 0.3 is 0 Å². The van der Waals surface area contributed by atoms with Gasteiger partial charge in [-0.2, -0.15) is 5.10 Å². The van der Waals surface area contributed by atoms with E-state index in [9.17, 15) is 4.79 Å². The Hall–Kier alpha value is -3.70. The van der Waals surface area contributed by atoms with E-state index in [0.717, 1.165) is 16.5 Å². The smallest absolute Gasteiger partial charge is 0.272 e. The van der Waals surface area contributed by atoms with Gasteiger partial charge in [0.1, 0.15) is 17.9 Å². The Morgan fingerprint density at radius 1 is 0.967 bits per heavy atom. The summed E-state index contributed by atoms with van der Waals surface area (Å²) in [7, 11) is 0. The number of ether oxygens (including phenoxy) is 1. The minimum absolute atomic E-state index is 0.361. The number of carbonyl (C=O) groups is 1. The summed E-state index contributed by atoms with van der Waals surface area (Å²) >= 11 is 6.03. The van der Waals surface area contributed by atoms with Crippen LogP contribution < -0.4 is 10.2 Å². The number of fused-ring (bicyclic) bond motifs is 1. The number of nitrogens with zero attached hydrogens (tertiary/aromatic N) is 2. The SMILES string of the molecule is O=C(N/N=C\c1ccc2cccc(OCc3ccccc3)c2n1)c1ccccc1Cl. The zero-order valence-electron chi connectivity index (χ0n) is 16.0. The van der Waals surface area contributed by atoms with E-state index in [-0.39, 0.29) is 5.91 Å². The summed E-state index contributed by atoms with van der Waals surface area (Å²) in [4.78, 5) is 16.8. The van der Waals surface area contributed by atoms with Crippen molar-refractivity contribution in [3.63, 3.8) is 0 Å². The molecule has 0 aliphatic rings. The molecule has 0 atom stereocenters. The van der Waals surface area contributed by atoms with Gasteiger partial charge in [-0.3, -0.25) is 4.79 Å². The highest BCUT2D eigenvalue weighted by Crippen LogP contribution is 2.24. The second-order valence-electron chi connectivity index (χ2n) is 6.52. The van der Waals surface area contributed by atoms with Crippen LogP contribution in [-0.2, 0) is 6.61 Å². The van der Waals surface area contributed by atoms with Crippen LogP contribution in [0.3, 0.4) is 0 Å². The number of hydrogen-bond acceptors (Lipinski definition) is 4. The third-order valence-corrected chi connectivity index (χ3v) is 4.75. The Bertz CT molecular complexity index is 1210. The summed E-state index contributed by atoms with van der Waals surface area (Å²) in [6.07, 6.45) is 1.49. The van der Waals surface area contributed by atoms with Gasteiger partial charge in [-0.1, -0.05) is 72.3 Å². The number of rotatable bonds is 6. The number of aromatic nitrogens is 1. The van der Waals surface area contributed by atoms with Crippen LogP contribution >= 0.6 is 11.6 Å². The maximum absolute atomic E-state index is 12.2. The van der Waals surface area contributed by atoms with Crippen molar-refractivity contribution in [3.8, 4) is 5.75 Å². The fraction of sp³-hybridized carbons (Fsp3) is 0.0417. The van der Waals surface area contributed by atoms with Crippen molar-refractivity contribution >= 4 is 34.6 Å². The molecule has 1 heterocycles. The monoisotopic (exact) mass is 415 g/mol. The fourth-order valence-corrected chi connectivity index (χ4v) is 3.14. The average molecular weight is 416 g/mol. The van der Waals surface area contributed by atoms with Crippen molar-refractivity contribution < 1.29 is 9.53 Å². The Morgan fingerprint density at radius 2 is 1.77 bits per heavy atom.